The number of aryl methyl sites for hydroxylation is 1. The van der Waals surface area contributed by atoms with Crippen LogP contribution >= 0.6 is 0 Å². The van der Waals surface area contributed by atoms with E-state index in [1.165, 1.54) is 12.1 Å². The van der Waals surface area contributed by atoms with Gasteiger partial charge < -0.3 is 9.13 Å². The van der Waals surface area contributed by atoms with Crippen molar-refractivity contribution in [2.45, 2.75) is 20.0 Å². The second kappa shape index (κ2) is 5.92. The molecule has 0 fully saturated rings. The minimum Gasteiger partial charge on any atom is -0.327 e. The Morgan fingerprint density at radius 2 is 1.96 bits per heavy atom. The molecule has 0 unspecified atom stereocenters. The molecule has 24 heavy (non-hydrogen) atoms. The monoisotopic (exact) mass is 320 g/mol. The summed E-state index contributed by atoms with van der Waals surface area (Å²) in [6, 6.07) is 14.6. The molecule has 5 heteroatoms. The van der Waals surface area contributed by atoms with Crippen LogP contribution in [0, 0.1) is 5.82 Å². The van der Waals surface area contributed by atoms with Crippen molar-refractivity contribution >= 4 is 11.0 Å². The van der Waals surface area contributed by atoms with Crippen LogP contribution in [0.2, 0.25) is 0 Å². The van der Waals surface area contributed by atoms with Gasteiger partial charge in [0.05, 0.1) is 17.6 Å². The number of hydrogen-bond acceptors (Lipinski definition) is 2. The lowest BCUT2D eigenvalue weighted by Crippen LogP contribution is -2.08. The molecule has 2 heterocycles. The molecule has 0 bridgehead atoms. The van der Waals surface area contributed by atoms with Crippen molar-refractivity contribution in [1.82, 2.24) is 19.1 Å². The Bertz CT molecular complexity index is 999. The van der Waals surface area contributed by atoms with E-state index in [2.05, 4.69) is 22.5 Å². The fraction of sp³-hybridized carbons (Fsp3) is 0.158. The first kappa shape index (κ1) is 14.6. The number of para-hydroxylation sites is 2. The molecule has 4 aromatic rings. The first-order valence-electron chi connectivity index (χ1n) is 7.97. The third kappa shape index (κ3) is 2.48. The summed E-state index contributed by atoms with van der Waals surface area (Å²) in [6.45, 7) is 3.55. The maximum Gasteiger partial charge on any atom is 0.140 e. The molecule has 0 aliphatic carbocycles. The number of imidazole rings is 2. The van der Waals surface area contributed by atoms with Crippen LogP contribution in [0.4, 0.5) is 4.39 Å². The Hall–Kier alpha value is -2.95. The van der Waals surface area contributed by atoms with Gasteiger partial charge in [0, 0.05) is 24.5 Å². The van der Waals surface area contributed by atoms with E-state index in [0.717, 1.165) is 34.8 Å². The highest BCUT2D eigenvalue weighted by Crippen LogP contribution is 2.21. The van der Waals surface area contributed by atoms with Crippen molar-refractivity contribution in [3.63, 3.8) is 0 Å². The average molecular weight is 320 g/mol. The van der Waals surface area contributed by atoms with Gasteiger partial charge in [-0.3, -0.25) is 0 Å². The molecular formula is C19H17FN4. The molecule has 0 amide bonds. The van der Waals surface area contributed by atoms with Gasteiger partial charge >= 0.3 is 0 Å². The number of hydrogen-bond donors (Lipinski definition) is 0. The van der Waals surface area contributed by atoms with Crippen LogP contribution in [-0.2, 0) is 13.1 Å². The molecule has 0 radical (unpaired) electrons. The molecule has 0 N–H and O–H groups in total. The van der Waals surface area contributed by atoms with Gasteiger partial charge in [0.25, 0.3) is 0 Å². The van der Waals surface area contributed by atoms with E-state index in [9.17, 15) is 4.39 Å². The number of halogens is 1. The molecule has 0 spiro atoms. The second-order valence-electron chi connectivity index (χ2n) is 5.65. The minimum absolute atomic E-state index is 0.261. The van der Waals surface area contributed by atoms with Crippen LogP contribution in [-0.4, -0.2) is 19.1 Å². The molecule has 4 nitrogen and oxygen atoms in total. The van der Waals surface area contributed by atoms with Gasteiger partial charge in [0.15, 0.2) is 0 Å². The third-order valence-corrected chi connectivity index (χ3v) is 4.16. The van der Waals surface area contributed by atoms with Crippen molar-refractivity contribution in [2.24, 2.45) is 0 Å². The van der Waals surface area contributed by atoms with Gasteiger partial charge in [0.1, 0.15) is 17.5 Å². The molecule has 0 atom stereocenters. The second-order valence-corrected chi connectivity index (χ2v) is 5.65. The summed E-state index contributed by atoms with van der Waals surface area (Å²) in [7, 11) is 0. The fourth-order valence-corrected chi connectivity index (χ4v) is 3.08. The Kier molecular flexibility index (Phi) is 3.61. The normalized spacial score (nSPS) is 11.2. The lowest BCUT2D eigenvalue weighted by molar-refractivity contribution is 0.627. The largest absolute Gasteiger partial charge is 0.327 e. The Balaban J connectivity index is 1.76. The highest BCUT2D eigenvalue weighted by Gasteiger charge is 2.12. The Labute approximate surface area is 139 Å². The molecule has 0 aliphatic heterocycles. The van der Waals surface area contributed by atoms with E-state index in [-0.39, 0.29) is 5.82 Å². The van der Waals surface area contributed by atoms with E-state index in [0.29, 0.717) is 6.54 Å². The highest BCUT2D eigenvalue weighted by atomic mass is 19.1. The van der Waals surface area contributed by atoms with Crippen LogP contribution in [0.15, 0.2) is 60.9 Å². The maximum atomic E-state index is 13.5. The van der Waals surface area contributed by atoms with Crippen molar-refractivity contribution in [3.8, 4) is 11.4 Å². The fourth-order valence-electron chi connectivity index (χ4n) is 3.08. The van der Waals surface area contributed by atoms with Crippen LogP contribution in [0.1, 0.15) is 12.7 Å². The topological polar surface area (TPSA) is 35.6 Å². The van der Waals surface area contributed by atoms with Gasteiger partial charge in [-0.1, -0.05) is 24.3 Å². The van der Waals surface area contributed by atoms with Gasteiger partial charge in [0.2, 0.25) is 0 Å². The summed E-state index contributed by atoms with van der Waals surface area (Å²) in [5.74, 6) is 1.45. The van der Waals surface area contributed by atoms with E-state index in [1.807, 2.05) is 35.0 Å². The standard InChI is InChI=1S/C19H17FN4/c1-2-24-17-9-4-3-8-16(17)22-18(24)13-23-11-10-21-19(23)14-6-5-7-15(20)12-14/h3-12H,2,13H2,1H3. The average Bonchev–Trinajstić information content (AvgIpc) is 3.19. The zero-order valence-corrected chi connectivity index (χ0v) is 13.4. The number of nitrogens with zero attached hydrogens (tertiary/aromatic N) is 4. The van der Waals surface area contributed by atoms with Crippen molar-refractivity contribution in [2.75, 3.05) is 0 Å². The minimum atomic E-state index is -0.261. The van der Waals surface area contributed by atoms with E-state index < -0.39 is 0 Å². The molecule has 2 aromatic heterocycles. The predicted molar refractivity (Wildman–Crippen MR) is 92.1 cm³/mol. The Morgan fingerprint density at radius 3 is 2.79 bits per heavy atom. The number of rotatable bonds is 4. The quantitative estimate of drug-likeness (QED) is 0.567. The number of aromatic nitrogens is 4. The summed E-state index contributed by atoms with van der Waals surface area (Å²) in [5, 5.41) is 0. The predicted octanol–water partition coefficient (Wildman–Crippen LogP) is 4.11. The SMILES string of the molecule is CCn1c(Cn2ccnc2-c2cccc(F)c2)nc2ccccc21. The molecule has 0 saturated heterocycles. The lowest BCUT2D eigenvalue weighted by atomic mass is 10.2. The van der Waals surface area contributed by atoms with E-state index in [4.69, 9.17) is 4.98 Å². The van der Waals surface area contributed by atoms with Crippen molar-refractivity contribution < 1.29 is 4.39 Å². The van der Waals surface area contributed by atoms with E-state index in [1.54, 1.807) is 12.3 Å². The van der Waals surface area contributed by atoms with Crippen molar-refractivity contribution in [1.29, 1.82) is 0 Å². The van der Waals surface area contributed by atoms with Gasteiger partial charge in [-0.15, -0.1) is 0 Å². The van der Waals surface area contributed by atoms with Crippen LogP contribution in [0.3, 0.4) is 0 Å². The third-order valence-electron chi connectivity index (χ3n) is 4.16. The van der Waals surface area contributed by atoms with Crippen LogP contribution in [0.25, 0.3) is 22.4 Å². The van der Waals surface area contributed by atoms with Crippen LogP contribution in [0.5, 0.6) is 0 Å². The summed E-state index contributed by atoms with van der Waals surface area (Å²) in [6.07, 6.45) is 3.64. The highest BCUT2D eigenvalue weighted by molar-refractivity contribution is 5.75. The molecule has 2 aromatic carbocycles. The summed E-state index contributed by atoms with van der Waals surface area (Å²) in [5.41, 5.74) is 2.88. The molecular weight excluding hydrogens is 303 g/mol. The molecule has 4 rings (SSSR count). The maximum absolute atomic E-state index is 13.5. The summed E-state index contributed by atoms with van der Waals surface area (Å²) >= 11 is 0. The molecule has 0 saturated carbocycles. The molecule has 0 aliphatic rings. The first-order valence-corrected chi connectivity index (χ1v) is 7.97. The van der Waals surface area contributed by atoms with Gasteiger partial charge in [-0.25, -0.2) is 14.4 Å². The zero-order valence-electron chi connectivity index (χ0n) is 13.4. The smallest absolute Gasteiger partial charge is 0.140 e. The van der Waals surface area contributed by atoms with Crippen molar-refractivity contribution in [3.05, 3.63) is 72.6 Å². The summed E-state index contributed by atoms with van der Waals surface area (Å²) < 4.78 is 17.7. The summed E-state index contributed by atoms with van der Waals surface area (Å²) in [4.78, 5) is 9.14. The zero-order chi connectivity index (χ0) is 16.5. The lowest BCUT2D eigenvalue weighted by Gasteiger charge is -2.10. The van der Waals surface area contributed by atoms with Gasteiger partial charge in [-0.05, 0) is 31.2 Å². The van der Waals surface area contributed by atoms with Gasteiger partial charge in [-0.2, -0.15) is 0 Å². The first-order chi connectivity index (χ1) is 11.8. The Morgan fingerprint density at radius 1 is 1.08 bits per heavy atom. The molecule has 120 valence electrons. The number of benzene rings is 2. The van der Waals surface area contributed by atoms with E-state index >= 15 is 0 Å². The number of fused-ring (bicyclic) bond motifs is 1. The van der Waals surface area contributed by atoms with Crippen LogP contribution < -0.4 is 0 Å².